The molecule has 19 heavy (non-hydrogen) atoms. The smallest absolute Gasteiger partial charge is 0.371 e. The Morgan fingerprint density at radius 2 is 2.21 bits per heavy atom. The third-order valence-corrected chi connectivity index (χ3v) is 2.63. The second-order valence-corrected chi connectivity index (χ2v) is 3.87. The number of carboxylic acids is 1. The lowest BCUT2D eigenvalue weighted by molar-refractivity contribution is 0.0660. The monoisotopic (exact) mass is 259 g/mol. The maximum Gasteiger partial charge on any atom is 0.371 e. The van der Waals surface area contributed by atoms with E-state index in [1.54, 1.807) is 17.0 Å². The maximum atomic E-state index is 10.7. The second-order valence-electron chi connectivity index (χ2n) is 3.87. The van der Waals surface area contributed by atoms with Crippen molar-refractivity contribution >= 4 is 23.0 Å². The highest BCUT2D eigenvalue weighted by molar-refractivity contribution is 5.84. The van der Waals surface area contributed by atoms with E-state index in [1.807, 2.05) is 0 Å². The normalized spacial score (nSPS) is 10.9. The first kappa shape index (κ1) is 11.2. The van der Waals surface area contributed by atoms with E-state index in [-0.39, 0.29) is 5.76 Å². The van der Waals surface area contributed by atoms with Crippen LogP contribution in [0.15, 0.2) is 29.2 Å². The van der Waals surface area contributed by atoms with Crippen LogP contribution in [0.5, 0.6) is 0 Å². The van der Waals surface area contributed by atoms with Crippen LogP contribution in [0.3, 0.4) is 0 Å². The van der Waals surface area contributed by atoms with Gasteiger partial charge in [0.2, 0.25) is 5.76 Å². The Kier molecular flexibility index (Phi) is 2.41. The fourth-order valence-corrected chi connectivity index (χ4v) is 1.76. The van der Waals surface area contributed by atoms with Crippen LogP contribution in [0.25, 0.3) is 11.2 Å². The van der Waals surface area contributed by atoms with E-state index in [4.69, 9.17) is 15.3 Å². The summed E-state index contributed by atoms with van der Waals surface area (Å²) < 4.78 is 6.88. The summed E-state index contributed by atoms with van der Waals surface area (Å²) in [5.41, 5.74) is 6.76. The highest BCUT2D eigenvalue weighted by Gasteiger charge is 2.12. The number of carbonyl (C=O) groups is 1. The zero-order valence-corrected chi connectivity index (χ0v) is 9.65. The molecule has 0 radical (unpaired) electrons. The van der Waals surface area contributed by atoms with Crippen LogP contribution >= 0.6 is 0 Å². The van der Waals surface area contributed by atoms with Crippen LogP contribution in [-0.2, 0) is 6.54 Å². The number of hydrogen-bond acceptors (Lipinski definition) is 6. The van der Waals surface area contributed by atoms with Gasteiger partial charge in [-0.3, -0.25) is 0 Å². The third-order valence-electron chi connectivity index (χ3n) is 2.63. The first-order chi connectivity index (χ1) is 9.15. The molecule has 3 aromatic rings. The number of nitrogen functional groups attached to an aromatic ring is 1. The summed E-state index contributed by atoms with van der Waals surface area (Å²) in [5, 5.41) is 8.78. The van der Waals surface area contributed by atoms with Crippen molar-refractivity contribution in [1.82, 2.24) is 19.5 Å². The van der Waals surface area contributed by atoms with Crippen LogP contribution in [0.2, 0.25) is 0 Å². The van der Waals surface area contributed by atoms with Crippen molar-refractivity contribution in [2.45, 2.75) is 6.54 Å². The minimum absolute atomic E-state index is 0.103. The number of aromatic carboxylic acids is 1. The molecule has 8 nitrogen and oxygen atoms in total. The largest absolute Gasteiger partial charge is 0.475 e. The minimum atomic E-state index is -1.10. The zero-order chi connectivity index (χ0) is 13.4. The molecule has 8 heteroatoms. The summed E-state index contributed by atoms with van der Waals surface area (Å²) in [5.74, 6) is -0.412. The Hall–Kier alpha value is -2.90. The van der Waals surface area contributed by atoms with E-state index in [0.717, 1.165) is 0 Å². The van der Waals surface area contributed by atoms with Gasteiger partial charge in [0.15, 0.2) is 11.5 Å². The number of anilines is 1. The van der Waals surface area contributed by atoms with E-state index < -0.39 is 5.97 Å². The molecule has 0 aliphatic heterocycles. The predicted molar refractivity (Wildman–Crippen MR) is 64.5 cm³/mol. The molecule has 0 amide bonds. The van der Waals surface area contributed by atoms with Crippen molar-refractivity contribution in [3.05, 3.63) is 36.3 Å². The maximum absolute atomic E-state index is 10.7. The van der Waals surface area contributed by atoms with Gasteiger partial charge >= 0.3 is 5.97 Å². The molecule has 3 N–H and O–H groups in total. The molecule has 3 heterocycles. The molecule has 0 bridgehead atoms. The molecule has 0 unspecified atom stereocenters. The number of fused-ring (bicyclic) bond motifs is 1. The summed E-state index contributed by atoms with van der Waals surface area (Å²) in [4.78, 5) is 22.8. The fraction of sp³-hybridized carbons (Fsp3) is 0.0909. The number of nitrogens with zero attached hydrogens (tertiary/aromatic N) is 4. The fourth-order valence-electron chi connectivity index (χ4n) is 1.76. The molecule has 0 aliphatic carbocycles. The number of aromatic nitrogens is 4. The van der Waals surface area contributed by atoms with Gasteiger partial charge in [-0.2, -0.15) is 0 Å². The highest BCUT2D eigenvalue weighted by atomic mass is 16.4. The number of hydrogen-bond donors (Lipinski definition) is 2. The molecule has 0 aliphatic rings. The minimum Gasteiger partial charge on any atom is -0.475 e. The van der Waals surface area contributed by atoms with Crippen molar-refractivity contribution in [2.75, 3.05) is 5.73 Å². The van der Waals surface area contributed by atoms with Crippen molar-refractivity contribution in [1.29, 1.82) is 0 Å². The molecule has 3 rings (SSSR count). The molecule has 0 fully saturated rings. The molecule has 0 spiro atoms. The highest BCUT2D eigenvalue weighted by Crippen LogP contribution is 2.16. The third kappa shape index (κ3) is 1.88. The van der Waals surface area contributed by atoms with Crippen molar-refractivity contribution in [3.8, 4) is 0 Å². The SMILES string of the molecule is Nc1ncnc2c1ncn2Cc1ccc(C(=O)O)o1. The number of rotatable bonds is 3. The molecular formula is C11H9N5O3. The van der Waals surface area contributed by atoms with Crippen LogP contribution in [0.1, 0.15) is 16.3 Å². The van der Waals surface area contributed by atoms with Crippen molar-refractivity contribution in [3.63, 3.8) is 0 Å². The van der Waals surface area contributed by atoms with Gasteiger partial charge in [0.05, 0.1) is 12.9 Å². The van der Waals surface area contributed by atoms with Gasteiger partial charge in [-0.05, 0) is 12.1 Å². The Balaban J connectivity index is 1.96. The summed E-state index contributed by atoms with van der Waals surface area (Å²) >= 11 is 0. The summed E-state index contributed by atoms with van der Waals surface area (Å²) in [7, 11) is 0. The molecule has 96 valence electrons. The molecule has 3 aromatic heterocycles. The number of imidazole rings is 1. The average molecular weight is 259 g/mol. The average Bonchev–Trinajstić information content (AvgIpc) is 2.98. The quantitative estimate of drug-likeness (QED) is 0.711. The Bertz CT molecular complexity index is 761. The van der Waals surface area contributed by atoms with Crippen molar-refractivity contribution < 1.29 is 14.3 Å². The molecular weight excluding hydrogens is 250 g/mol. The number of nitrogens with two attached hydrogens (primary N) is 1. The Morgan fingerprint density at radius 1 is 1.37 bits per heavy atom. The van der Waals surface area contributed by atoms with Gasteiger partial charge in [-0.25, -0.2) is 19.7 Å². The van der Waals surface area contributed by atoms with Crippen molar-refractivity contribution in [2.24, 2.45) is 0 Å². The first-order valence-electron chi connectivity index (χ1n) is 5.38. The lowest BCUT2D eigenvalue weighted by atomic mass is 10.4. The Morgan fingerprint density at radius 3 is 2.95 bits per heavy atom. The van der Waals surface area contributed by atoms with Crippen LogP contribution in [0.4, 0.5) is 5.82 Å². The van der Waals surface area contributed by atoms with Crippen LogP contribution in [0, 0.1) is 0 Å². The van der Waals surface area contributed by atoms with Crippen LogP contribution < -0.4 is 5.73 Å². The lowest BCUT2D eigenvalue weighted by Crippen LogP contribution is -2.00. The summed E-state index contributed by atoms with van der Waals surface area (Å²) in [6.45, 7) is 0.320. The lowest BCUT2D eigenvalue weighted by Gasteiger charge is -2.00. The van der Waals surface area contributed by atoms with Gasteiger partial charge in [0.1, 0.15) is 17.6 Å². The zero-order valence-electron chi connectivity index (χ0n) is 9.65. The standard InChI is InChI=1S/C11H9N5O3/c12-9-8-10(14-4-13-9)16(5-15-8)3-6-1-2-7(19-6)11(17)18/h1-2,4-5H,3H2,(H,17,18)(H2,12,13,14). The van der Waals surface area contributed by atoms with Gasteiger partial charge < -0.3 is 19.8 Å². The molecule has 0 saturated heterocycles. The second kappa shape index (κ2) is 4.09. The summed E-state index contributed by atoms with van der Waals surface area (Å²) in [6.07, 6.45) is 2.90. The van der Waals surface area contributed by atoms with Gasteiger partial charge in [-0.15, -0.1) is 0 Å². The molecule has 0 saturated carbocycles. The first-order valence-corrected chi connectivity index (χ1v) is 5.38. The topological polar surface area (TPSA) is 120 Å². The molecule has 0 atom stereocenters. The number of carboxylic acid groups (broad SMARTS) is 1. The van der Waals surface area contributed by atoms with E-state index in [2.05, 4.69) is 15.0 Å². The van der Waals surface area contributed by atoms with Gasteiger partial charge in [0, 0.05) is 0 Å². The van der Waals surface area contributed by atoms with Gasteiger partial charge in [-0.1, -0.05) is 0 Å². The van der Waals surface area contributed by atoms with Gasteiger partial charge in [0.25, 0.3) is 0 Å². The van der Waals surface area contributed by atoms with E-state index in [0.29, 0.717) is 29.3 Å². The van der Waals surface area contributed by atoms with E-state index in [9.17, 15) is 4.79 Å². The van der Waals surface area contributed by atoms with E-state index >= 15 is 0 Å². The summed E-state index contributed by atoms with van der Waals surface area (Å²) in [6, 6.07) is 3.00. The van der Waals surface area contributed by atoms with E-state index in [1.165, 1.54) is 12.4 Å². The number of furan rings is 1. The Labute approximate surface area is 106 Å². The predicted octanol–water partition coefficient (Wildman–Crippen LogP) is 0.748. The molecule has 0 aromatic carbocycles. The van der Waals surface area contributed by atoms with Crippen LogP contribution in [-0.4, -0.2) is 30.6 Å².